The third kappa shape index (κ3) is 2.98. The number of nitrogens with two attached hydrogens (primary N) is 1. The summed E-state index contributed by atoms with van der Waals surface area (Å²) in [5.74, 6) is -0.360. The molecular weight excluding hydrogens is 184 g/mol. The van der Waals surface area contributed by atoms with Gasteiger partial charge in [-0.05, 0) is 0 Å². The fourth-order valence-electron chi connectivity index (χ4n) is 0.990. The largest absolute Gasteiger partial charge is 0.345 e. The van der Waals surface area contributed by atoms with Crippen LogP contribution in [0.5, 0.6) is 0 Å². The summed E-state index contributed by atoms with van der Waals surface area (Å²) in [6.07, 6.45) is 3.94. The molecule has 6 nitrogen and oxygen atoms in total. The van der Waals surface area contributed by atoms with Crippen molar-refractivity contribution in [1.82, 2.24) is 10.6 Å². The number of hydrogen-bond donors (Lipinski definition) is 2. The van der Waals surface area contributed by atoms with Gasteiger partial charge in [-0.3, -0.25) is 4.79 Å². The van der Waals surface area contributed by atoms with Crippen molar-refractivity contribution in [2.75, 3.05) is 6.54 Å². The average molecular weight is 195 g/mol. The molecule has 0 saturated carbocycles. The Hall–Kier alpha value is -1.69. The van der Waals surface area contributed by atoms with Gasteiger partial charge in [-0.15, -0.1) is 0 Å². The number of aldehydes is 1. The summed E-state index contributed by atoms with van der Waals surface area (Å²) in [5.41, 5.74) is 5.76. The fraction of sp³-hybridized carbons (Fsp3) is 0.375. The molecule has 1 aliphatic rings. The van der Waals surface area contributed by atoms with Gasteiger partial charge in [0.05, 0.1) is 24.5 Å². The summed E-state index contributed by atoms with van der Waals surface area (Å²) in [6, 6.07) is -0.581. The quantitative estimate of drug-likeness (QED) is 0.522. The number of hydrogen-bond acceptors (Lipinski definition) is 4. The molecule has 1 aliphatic heterocycles. The van der Waals surface area contributed by atoms with Crippen molar-refractivity contribution in [3.05, 3.63) is 11.9 Å². The average Bonchev–Trinajstić information content (AvgIpc) is 2.69. The second kappa shape index (κ2) is 5.13. The summed E-state index contributed by atoms with van der Waals surface area (Å²) < 4.78 is 0. The van der Waals surface area contributed by atoms with Gasteiger partial charge in [-0.25, -0.2) is 10.3 Å². The normalized spacial score (nSPS) is 15.6. The Labute approximate surface area is 81.3 Å². The molecule has 1 radical (unpaired) electrons. The maximum absolute atomic E-state index is 10.9. The molecule has 0 saturated heterocycles. The van der Waals surface area contributed by atoms with Gasteiger partial charge in [-0.2, -0.15) is 0 Å². The Morgan fingerprint density at radius 3 is 3.00 bits per heavy atom. The van der Waals surface area contributed by atoms with Crippen LogP contribution in [0.15, 0.2) is 16.9 Å². The highest BCUT2D eigenvalue weighted by atomic mass is 16.2. The molecule has 0 aromatic carbocycles. The number of rotatable bonds is 5. The highest BCUT2D eigenvalue weighted by Crippen LogP contribution is 2.07. The van der Waals surface area contributed by atoms with E-state index >= 15 is 0 Å². The van der Waals surface area contributed by atoms with Gasteiger partial charge in [-0.1, -0.05) is 0 Å². The van der Waals surface area contributed by atoms with Crippen LogP contribution in [0.3, 0.4) is 0 Å². The van der Waals surface area contributed by atoms with E-state index in [4.69, 9.17) is 5.73 Å². The van der Waals surface area contributed by atoms with Crippen LogP contribution in [0, 0.1) is 0 Å². The maximum Gasteiger partial charge on any atom is 0.234 e. The smallest absolute Gasteiger partial charge is 0.234 e. The van der Waals surface area contributed by atoms with Gasteiger partial charge in [0, 0.05) is 6.42 Å². The van der Waals surface area contributed by atoms with Gasteiger partial charge in [0.2, 0.25) is 5.91 Å². The third-order valence-electron chi connectivity index (χ3n) is 1.64. The fourth-order valence-corrected chi connectivity index (χ4v) is 0.990. The molecule has 0 fully saturated rings. The summed E-state index contributed by atoms with van der Waals surface area (Å²) in [6.45, 7) is -0.128. The van der Waals surface area contributed by atoms with Gasteiger partial charge in [0.25, 0.3) is 0 Å². The van der Waals surface area contributed by atoms with Crippen molar-refractivity contribution in [1.29, 1.82) is 0 Å². The minimum Gasteiger partial charge on any atom is -0.345 e. The van der Waals surface area contributed by atoms with Crippen molar-refractivity contribution < 1.29 is 9.59 Å². The van der Waals surface area contributed by atoms with Crippen molar-refractivity contribution >= 4 is 18.5 Å². The van der Waals surface area contributed by atoms with Crippen LogP contribution in [-0.2, 0) is 9.59 Å². The second-order valence-corrected chi connectivity index (χ2v) is 2.73. The predicted octanol–water partition coefficient (Wildman–Crippen LogP) is -1.49. The standard InChI is InChI=1S/C8H11N4O2/c9-2-8(14)12-7(4-13)1-6-3-10-5-11-6/h3-5,7H,1-2,9H2,(H,12,14)/t7-/m0/s1. The molecular formula is C8H11N4O2. The summed E-state index contributed by atoms with van der Waals surface area (Å²) in [4.78, 5) is 25.3. The molecule has 0 unspecified atom stereocenters. The Morgan fingerprint density at radius 1 is 1.71 bits per heavy atom. The molecule has 1 rings (SSSR count). The molecule has 0 aromatic rings. The SMILES string of the molecule is NCC(=O)N[C@H](C=O)CC1=C[N]C=N1. The Bertz CT molecular complexity index is 285. The van der Waals surface area contributed by atoms with Crippen molar-refractivity contribution in [3.8, 4) is 0 Å². The van der Waals surface area contributed by atoms with Crippen LogP contribution in [0.25, 0.3) is 0 Å². The summed E-state index contributed by atoms with van der Waals surface area (Å²) >= 11 is 0. The van der Waals surface area contributed by atoms with E-state index < -0.39 is 6.04 Å². The molecule has 1 atom stereocenters. The Balaban J connectivity index is 2.42. The minimum absolute atomic E-state index is 0.128. The van der Waals surface area contributed by atoms with Crippen LogP contribution in [-0.4, -0.2) is 31.1 Å². The molecule has 3 N–H and O–H groups in total. The van der Waals surface area contributed by atoms with E-state index in [1.54, 1.807) is 6.20 Å². The second-order valence-electron chi connectivity index (χ2n) is 2.73. The van der Waals surface area contributed by atoms with Crippen molar-refractivity contribution in [2.24, 2.45) is 10.7 Å². The number of aliphatic imine (C=N–C) groups is 1. The predicted molar refractivity (Wildman–Crippen MR) is 50.4 cm³/mol. The maximum atomic E-state index is 10.9. The zero-order valence-corrected chi connectivity index (χ0v) is 7.51. The molecule has 0 spiro atoms. The zero-order valence-electron chi connectivity index (χ0n) is 7.51. The van der Waals surface area contributed by atoms with E-state index in [1.165, 1.54) is 6.34 Å². The van der Waals surface area contributed by atoms with Crippen LogP contribution in [0.1, 0.15) is 6.42 Å². The molecule has 0 bridgehead atoms. The number of amides is 1. The topological polar surface area (TPSA) is 98.6 Å². The van der Waals surface area contributed by atoms with E-state index in [2.05, 4.69) is 15.6 Å². The molecule has 1 heterocycles. The lowest BCUT2D eigenvalue weighted by Gasteiger charge is -2.10. The lowest BCUT2D eigenvalue weighted by Crippen LogP contribution is -2.39. The first-order chi connectivity index (χ1) is 6.76. The van der Waals surface area contributed by atoms with E-state index in [0.29, 0.717) is 18.4 Å². The summed E-state index contributed by atoms with van der Waals surface area (Å²) in [5, 5.41) is 6.20. The van der Waals surface area contributed by atoms with Crippen LogP contribution < -0.4 is 16.4 Å². The monoisotopic (exact) mass is 195 g/mol. The highest BCUT2D eigenvalue weighted by molar-refractivity contribution is 5.81. The Morgan fingerprint density at radius 2 is 2.50 bits per heavy atom. The van der Waals surface area contributed by atoms with Gasteiger partial charge >= 0.3 is 0 Å². The molecule has 0 aromatic heterocycles. The minimum atomic E-state index is -0.581. The number of nitrogens with one attached hydrogen (secondary N) is 1. The van der Waals surface area contributed by atoms with E-state index in [9.17, 15) is 9.59 Å². The molecule has 14 heavy (non-hydrogen) atoms. The third-order valence-corrected chi connectivity index (χ3v) is 1.64. The number of carbonyl (C=O) groups is 2. The number of nitrogens with zero attached hydrogens (tertiary/aromatic N) is 2. The van der Waals surface area contributed by atoms with Crippen molar-refractivity contribution in [3.63, 3.8) is 0 Å². The molecule has 75 valence electrons. The van der Waals surface area contributed by atoms with Crippen LogP contribution >= 0.6 is 0 Å². The van der Waals surface area contributed by atoms with Crippen molar-refractivity contribution in [2.45, 2.75) is 12.5 Å². The van der Waals surface area contributed by atoms with E-state index in [1.807, 2.05) is 0 Å². The van der Waals surface area contributed by atoms with Gasteiger partial charge in [0.15, 0.2) is 0 Å². The Kier molecular flexibility index (Phi) is 3.81. The first-order valence-electron chi connectivity index (χ1n) is 4.12. The van der Waals surface area contributed by atoms with E-state index in [0.717, 1.165) is 0 Å². The zero-order chi connectivity index (χ0) is 10.4. The lowest BCUT2D eigenvalue weighted by molar-refractivity contribution is -0.122. The molecule has 0 aliphatic carbocycles. The highest BCUT2D eigenvalue weighted by Gasteiger charge is 2.13. The number of carbonyl (C=O) groups excluding carboxylic acids is 2. The molecule has 6 heteroatoms. The lowest BCUT2D eigenvalue weighted by atomic mass is 10.2. The van der Waals surface area contributed by atoms with Gasteiger partial charge < -0.3 is 15.8 Å². The van der Waals surface area contributed by atoms with Gasteiger partial charge in [0.1, 0.15) is 12.6 Å². The van der Waals surface area contributed by atoms with Crippen LogP contribution in [0.4, 0.5) is 0 Å². The first-order valence-corrected chi connectivity index (χ1v) is 4.12. The molecule has 1 amide bonds. The van der Waals surface area contributed by atoms with E-state index in [-0.39, 0.29) is 12.5 Å². The van der Waals surface area contributed by atoms with Crippen LogP contribution in [0.2, 0.25) is 0 Å². The first kappa shape index (κ1) is 10.4. The summed E-state index contributed by atoms with van der Waals surface area (Å²) in [7, 11) is 0.